The van der Waals surface area contributed by atoms with Crippen molar-refractivity contribution in [2.75, 3.05) is 13.1 Å². The van der Waals surface area contributed by atoms with Crippen LogP contribution in [0, 0.1) is 5.82 Å². The molecule has 0 spiro atoms. The van der Waals surface area contributed by atoms with Crippen LogP contribution in [0.3, 0.4) is 0 Å². The summed E-state index contributed by atoms with van der Waals surface area (Å²) in [7, 11) is -9.74. The lowest BCUT2D eigenvalue weighted by Gasteiger charge is -2.27. The maximum Gasteiger partial charge on any atom is 0.295 e. The molecule has 8 nitrogen and oxygen atoms in total. The lowest BCUT2D eigenvalue weighted by molar-refractivity contribution is 0.413. The van der Waals surface area contributed by atoms with E-state index in [0.717, 1.165) is 54.9 Å². The van der Waals surface area contributed by atoms with Gasteiger partial charge in [0, 0.05) is 40.3 Å². The molecule has 3 aliphatic rings. The predicted octanol–water partition coefficient (Wildman–Crippen LogP) is 2.82. The van der Waals surface area contributed by atoms with E-state index in [1.165, 1.54) is 12.1 Å². The Bertz CT molecular complexity index is 1880. The molecular weight excluding hydrogens is 589 g/mol. The van der Waals surface area contributed by atoms with Gasteiger partial charge in [-0.05, 0) is 59.1 Å². The summed E-state index contributed by atoms with van der Waals surface area (Å²) in [6, 6.07) is 7.88. The molecule has 3 aromatic carbocycles. The number of rotatable bonds is 3. The van der Waals surface area contributed by atoms with E-state index in [4.69, 9.17) is 4.74 Å². The molecule has 3 heterocycles. The Morgan fingerprint density at radius 1 is 0.892 bits per heavy atom. The topological polar surface area (TPSA) is 121 Å². The van der Waals surface area contributed by atoms with Crippen LogP contribution in [-0.2, 0) is 33.1 Å². The van der Waals surface area contributed by atoms with E-state index in [9.17, 15) is 25.9 Å². The highest BCUT2D eigenvalue weighted by atomic mass is 79.9. The molecule has 12 heteroatoms. The minimum absolute atomic E-state index is 0.0435. The minimum atomic E-state index is -4.97. The smallest absolute Gasteiger partial charge is 0.295 e. The molecule has 0 aliphatic carbocycles. The van der Waals surface area contributed by atoms with Crippen molar-refractivity contribution >= 4 is 41.7 Å². The van der Waals surface area contributed by atoms with Crippen LogP contribution < -0.4 is 19.9 Å². The van der Waals surface area contributed by atoms with Crippen molar-refractivity contribution in [3.8, 4) is 11.5 Å². The summed E-state index contributed by atoms with van der Waals surface area (Å²) in [4.78, 5) is -1.43. The van der Waals surface area contributed by atoms with Crippen molar-refractivity contribution in [3.63, 3.8) is 0 Å². The van der Waals surface area contributed by atoms with Crippen molar-refractivity contribution in [1.29, 1.82) is 0 Å². The lowest BCUT2D eigenvalue weighted by Crippen LogP contribution is -2.45. The van der Waals surface area contributed by atoms with Gasteiger partial charge >= 0.3 is 0 Å². The van der Waals surface area contributed by atoms with Gasteiger partial charge in [0.05, 0.1) is 14.9 Å². The molecule has 2 N–H and O–H groups in total. The quantitative estimate of drug-likeness (QED) is 0.271. The number of aryl methyl sites for hydroxylation is 1. The molecule has 0 aromatic heterocycles. The number of nitrogens with zero attached hydrogens (tertiary/aromatic N) is 1. The summed E-state index contributed by atoms with van der Waals surface area (Å²) in [5.41, 5.74) is 2.44. The fourth-order valence-corrected chi connectivity index (χ4v) is 7.20. The normalized spacial score (nSPS) is 16.5. The Hall–Kier alpha value is -2.64. The maximum absolute atomic E-state index is 15.4. The van der Waals surface area contributed by atoms with E-state index in [2.05, 4.69) is 20.5 Å². The molecule has 0 amide bonds. The second kappa shape index (κ2) is 8.43. The van der Waals surface area contributed by atoms with Crippen molar-refractivity contribution < 1.29 is 35.1 Å². The summed E-state index contributed by atoms with van der Waals surface area (Å²) in [5, 5.41) is 1.59. The highest BCUT2D eigenvalue weighted by Gasteiger charge is 2.34. The van der Waals surface area contributed by atoms with E-state index in [1.807, 2.05) is 6.07 Å². The molecule has 192 valence electrons. The van der Waals surface area contributed by atoms with Crippen LogP contribution in [0.4, 0.5) is 4.39 Å². The first-order chi connectivity index (χ1) is 17.4. The third kappa shape index (κ3) is 3.93. The number of hydrogen-bond acceptors (Lipinski definition) is 5. The van der Waals surface area contributed by atoms with Crippen LogP contribution in [0.25, 0.3) is 5.57 Å². The van der Waals surface area contributed by atoms with Crippen LogP contribution in [-0.4, -0.2) is 39.0 Å². The second-order valence-corrected chi connectivity index (χ2v) is 12.9. The first-order valence-corrected chi connectivity index (χ1v) is 15.2. The molecule has 0 unspecified atom stereocenters. The van der Waals surface area contributed by atoms with Gasteiger partial charge in [-0.25, -0.2) is 8.97 Å². The number of halogens is 2. The number of hydrogen-bond donors (Lipinski definition) is 2. The van der Waals surface area contributed by atoms with E-state index < -0.39 is 35.8 Å². The van der Waals surface area contributed by atoms with Gasteiger partial charge in [0.2, 0.25) is 5.36 Å². The van der Waals surface area contributed by atoms with Gasteiger partial charge in [0.15, 0.2) is 11.6 Å². The van der Waals surface area contributed by atoms with Crippen molar-refractivity contribution in [2.45, 2.75) is 35.5 Å². The summed E-state index contributed by atoms with van der Waals surface area (Å²) in [6.45, 7) is 1.80. The van der Waals surface area contributed by atoms with Crippen molar-refractivity contribution in [1.82, 2.24) is 4.58 Å². The van der Waals surface area contributed by atoms with Crippen molar-refractivity contribution in [3.05, 3.63) is 79.5 Å². The molecular formula is C25H20BrFNO7S2+. The zero-order valence-corrected chi connectivity index (χ0v) is 22.4. The number of benzene rings is 3. The molecule has 37 heavy (non-hydrogen) atoms. The van der Waals surface area contributed by atoms with E-state index in [1.54, 1.807) is 6.07 Å². The third-order valence-corrected chi connectivity index (χ3v) is 9.42. The molecule has 0 fully saturated rings. The SMILES string of the molecule is O=S(=O)(O)c1ccc(C2=c3cc4c5c(c3Oc3c2ccc(Br)c3F)CCC[N+]=5CCC4)c(S(=O)(=O)O)c1. The molecule has 3 aliphatic heterocycles. The number of ether oxygens (including phenoxy) is 1. The third-order valence-electron chi connectivity index (χ3n) is 7.06. The zero-order chi connectivity index (χ0) is 26.3. The molecule has 0 saturated heterocycles. The zero-order valence-electron chi connectivity index (χ0n) is 19.2. The summed E-state index contributed by atoms with van der Waals surface area (Å²) < 4.78 is 92.1. The Kier molecular flexibility index (Phi) is 5.63. The second-order valence-electron chi connectivity index (χ2n) is 9.26. The fourth-order valence-electron chi connectivity index (χ4n) is 5.58. The van der Waals surface area contributed by atoms with E-state index in [0.29, 0.717) is 23.5 Å². The molecule has 3 aromatic rings. The van der Waals surface area contributed by atoms with Crippen LogP contribution in [0.15, 0.2) is 50.7 Å². The van der Waals surface area contributed by atoms with Crippen LogP contribution >= 0.6 is 15.9 Å². The Labute approximate surface area is 220 Å². The van der Waals surface area contributed by atoms with Gasteiger partial charge in [-0.1, -0.05) is 6.07 Å². The molecule has 0 atom stereocenters. The summed E-state index contributed by atoms with van der Waals surface area (Å²) in [6.07, 6.45) is 3.30. The predicted molar refractivity (Wildman–Crippen MR) is 135 cm³/mol. The van der Waals surface area contributed by atoms with Gasteiger partial charge in [-0.2, -0.15) is 16.8 Å². The van der Waals surface area contributed by atoms with Gasteiger partial charge < -0.3 is 4.74 Å². The van der Waals surface area contributed by atoms with Crippen LogP contribution in [0.5, 0.6) is 11.5 Å². The molecule has 0 saturated carbocycles. The van der Waals surface area contributed by atoms with Gasteiger partial charge in [-0.3, -0.25) is 9.11 Å². The fraction of sp³-hybridized carbons (Fsp3) is 0.240. The standard InChI is InChI=1S/C25H19BrFNO7S2/c26-19-8-7-16-21(15-6-5-14(36(29,30)31)12-20(15)37(32,33)34)18-11-13-3-1-9-28-10-2-4-17(23(13)28)24(18)35-25(16)22(19)27/h5-8,11-12H,1-4,9-10H2,(H-,29,30,31,32,33,34)/p+1. The summed E-state index contributed by atoms with van der Waals surface area (Å²) >= 11 is 3.18. The largest absolute Gasteiger partial charge is 0.452 e. The average molecular weight is 609 g/mol. The van der Waals surface area contributed by atoms with Gasteiger partial charge in [-0.15, -0.1) is 0 Å². The molecule has 0 radical (unpaired) electrons. The van der Waals surface area contributed by atoms with E-state index >= 15 is 4.39 Å². The van der Waals surface area contributed by atoms with Crippen LogP contribution in [0.1, 0.15) is 35.1 Å². The first-order valence-electron chi connectivity index (χ1n) is 11.5. The summed E-state index contributed by atoms with van der Waals surface area (Å²) in [5.74, 6) is -0.382. The molecule has 0 bridgehead atoms. The highest BCUT2D eigenvalue weighted by molar-refractivity contribution is 9.10. The van der Waals surface area contributed by atoms with Crippen LogP contribution in [0.2, 0.25) is 0 Å². The minimum Gasteiger partial charge on any atom is -0.452 e. The molecule has 6 rings (SSSR count). The Morgan fingerprint density at radius 3 is 2.30 bits per heavy atom. The van der Waals surface area contributed by atoms with Gasteiger partial charge in [0.25, 0.3) is 20.2 Å². The first kappa shape index (κ1) is 24.7. The van der Waals surface area contributed by atoms with Crippen molar-refractivity contribution in [2.24, 2.45) is 0 Å². The maximum atomic E-state index is 15.4. The average Bonchev–Trinajstić information content (AvgIpc) is 2.84. The number of fused-ring (bicyclic) bond motifs is 3. The Balaban J connectivity index is 1.82. The highest BCUT2D eigenvalue weighted by Crippen LogP contribution is 2.43. The lowest BCUT2D eigenvalue weighted by atomic mass is 9.87. The van der Waals surface area contributed by atoms with E-state index in [-0.39, 0.29) is 26.9 Å². The monoisotopic (exact) mass is 608 g/mol. The Morgan fingerprint density at radius 2 is 1.59 bits per heavy atom. The van der Waals surface area contributed by atoms with Gasteiger partial charge in [0.1, 0.15) is 23.7 Å².